The highest BCUT2D eigenvalue weighted by molar-refractivity contribution is 6.04. The van der Waals surface area contributed by atoms with E-state index in [-0.39, 0.29) is 18.4 Å². The van der Waals surface area contributed by atoms with Gasteiger partial charge in [-0.05, 0) is 29.8 Å². The Morgan fingerprint density at radius 1 is 1.37 bits per heavy atom. The van der Waals surface area contributed by atoms with Crippen molar-refractivity contribution in [2.45, 2.75) is 19.4 Å². The maximum absolute atomic E-state index is 12.1. The van der Waals surface area contributed by atoms with Crippen LogP contribution in [0.1, 0.15) is 23.7 Å². The molecule has 0 saturated carbocycles. The molecule has 2 rings (SSSR count). The number of nitriles is 1. The lowest BCUT2D eigenvalue weighted by atomic mass is 10.0. The summed E-state index contributed by atoms with van der Waals surface area (Å²) in [6.07, 6.45) is 0.277. The number of anilines is 1. The van der Waals surface area contributed by atoms with Gasteiger partial charge in [0, 0.05) is 11.7 Å². The molecule has 3 N–H and O–H groups in total. The summed E-state index contributed by atoms with van der Waals surface area (Å²) in [5.41, 5.74) is 6.80. The lowest BCUT2D eigenvalue weighted by Gasteiger charge is -2.12. The van der Waals surface area contributed by atoms with Crippen molar-refractivity contribution in [2.75, 3.05) is 5.73 Å². The van der Waals surface area contributed by atoms with Crippen molar-refractivity contribution in [2.24, 2.45) is 0 Å². The van der Waals surface area contributed by atoms with Crippen LogP contribution in [0.4, 0.5) is 5.69 Å². The number of fused-ring (bicyclic) bond motifs is 1. The number of benzene rings is 2. The summed E-state index contributed by atoms with van der Waals surface area (Å²) < 4.78 is 0. The number of carbonyl (C=O) groups is 1. The van der Waals surface area contributed by atoms with Gasteiger partial charge in [0.25, 0.3) is 5.91 Å². The topological polar surface area (TPSA) is 78.9 Å². The largest absolute Gasteiger partial charge is 0.398 e. The minimum Gasteiger partial charge on any atom is -0.398 e. The van der Waals surface area contributed by atoms with Crippen molar-refractivity contribution in [3.05, 3.63) is 42.0 Å². The molecule has 1 atom stereocenters. The van der Waals surface area contributed by atoms with Crippen molar-refractivity contribution < 1.29 is 4.79 Å². The van der Waals surface area contributed by atoms with Crippen LogP contribution in [0.15, 0.2) is 36.4 Å². The maximum atomic E-state index is 12.1. The second-order valence-electron chi connectivity index (χ2n) is 4.52. The molecule has 0 aliphatic rings. The SMILES string of the molecule is CC(CC#N)NC(=O)c1cc2ccccc2cc1N. The Balaban J connectivity index is 2.32. The van der Waals surface area contributed by atoms with E-state index in [9.17, 15) is 4.79 Å². The molecule has 1 unspecified atom stereocenters. The van der Waals surface area contributed by atoms with Crippen LogP contribution in [-0.2, 0) is 0 Å². The number of carbonyl (C=O) groups excluding carboxylic acids is 1. The molecular weight excluding hydrogens is 238 g/mol. The van der Waals surface area contributed by atoms with E-state index in [2.05, 4.69) is 5.32 Å². The molecule has 4 nitrogen and oxygen atoms in total. The molecule has 0 aliphatic carbocycles. The third-order valence-corrected chi connectivity index (χ3v) is 2.94. The second kappa shape index (κ2) is 5.40. The fraction of sp³-hybridized carbons (Fsp3) is 0.200. The Morgan fingerprint density at radius 2 is 2.00 bits per heavy atom. The van der Waals surface area contributed by atoms with E-state index in [1.165, 1.54) is 0 Å². The summed E-state index contributed by atoms with van der Waals surface area (Å²) in [7, 11) is 0. The summed E-state index contributed by atoms with van der Waals surface area (Å²) in [5.74, 6) is -0.244. The van der Waals surface area contributed by atoms with Crippen LogP contribution in [-0.4, -0.2) is 11.9 Å². The molecule has 4 heteroatoms. The van der Waals surface area contributed by atoms with E-state index >= 15 is 0 Å². The predicted molar refractivity (Wildman–Crippen MR) is 75.5 cm³/mol. The van der Waals surface area contributed by atoms with Crippen molar-refractivity contribution in [1.82, 2.24) is 5.32 Å². The first-order valence-electron chi connectivity index (χ1n) is 6.08. The summed E-state index contributed by atoms with van der Waals surface area (Å²) in [6.45, 7) is 1.79. The van der Waals surface area contributed by atoms with Crippen LogP contribution in [0.2, 0.25) is 0 Å². The lowest BCUT2D eigenvalue weighted by molar-refractivity contribution is 0.0942. The molecule has 19 heavy (non-hydrogen) atoms. The van der Waals surface area contributed by atoms with Gasteiger partial charge in [-0.2, -0.15) is 5.26 Å². The van der Waals surface area contributed by atoms with Gasteiger partial charge in [-0.25, -0.2) is 0 Å². The van der Waals surface area contributed by atoms with Gasteiger partial charge >= 0.3 is 0 Å². The molecule has 2 aromatic rings. The molecule has 1 amide bonds. The first-order valence-corrected chi connectivity index (χ1v) is 6.08. The van der Waals surface area contributed by atoms with Gasteiger partial charge in [-0.3, -0.25) is 4.79 Å². The Labute approximate surface area is 111 Å². The molecule has 0 radical (unpaired) electrons. The van der Waals surface area contributed by atoms with Crippen LogP contribution in [0.25, 0.3) is 10.8 Å². The zero-order valence-electron chi connectivity index (χ0n) is 10.7. The number of rotatable bonds is 3. The quantitative estimate of drug-likeness (QED) is 0.825. The third kappa shape index (κ3) is 2.83. The zero-order valence-corrected chi connectivity index (χ0v) is 10.7. The van der Waals surface area contributed by atoms with Crippen molar-refractivity contribution in [3.63, 3.8) is 0 Å². The van der Waals surface area contributed by atoms with Crippen LogP contribution in [0.3, 0.4) is 0 Å². The van der Waals surface area contributed by atoms with Gasteiger partial charge < -0.3 is 11.1 Å². The maximum Gasteiger partial charge on any atom is 0.253 e. The zero-order chi connectivity index (χ0) is 13.8. The first kappa shape index (κ1) is 12.9. The molecular formula is C15H15N3O. The number of nitrogens with zero attached hydrogens (tertiary/aromatic N) is 1. The van der Waals surface area contributed by atoms with Gasteiger partial charge in [0.15, 0.2) is 0 Å². The Morgan fingerprint density at radius 3 is 2.63 bits per heavy atom. The van der Waals surface area contributed by atoms with Crippen molar-refractivity contribution in [1.29, 1.82) is 5.26 Å². The summed E-state index contributed by atoms with van der Waals surface area (Å²) in [6, 6.07) is 13.1. The predicted octanol–water partition coefficient (Wildman–Crippen LogP) is 2.45. The average Bonchev–Trinajstić information content (AvgIpc) is 2.38. The number of nitrogens with two attached hydrogens (primary N) is 1. The van der Waals surface area contributed by atoms with E-state index in [1.807, 2.05) is 30.3 Å². The van der Waals surface area contributed by atoms with Gasteiger partial charge in [0.1, 0.15) is 0 Å². The standard InChI is InChI=1S/C15H15N3O/c1-10(6-7-16)18-15(19)13-8-11-4-2-3-5-12(11)9-14(13)17/h2-5,8-10H,6,17H2,1H3,(H,18,19). The van der Waals surface area contributed by atoms with E-state index in [0.29, 0.717) is 11.3 Å². The van der Waals surface area contributed by atoms with E-state index < -0.39 is 0 Å². The van der Waals surface area contributed by atoms with Crippen LogP contribution < -0.4 is 11.1 Å². The summed E-state index contributed by atoms with van der Waals surface area (Å²) >= 11 is 0. The highest BCUT2D eigenvalue weighted by Crippen LogP contribution is 2.21. The fourth-order valence-corrected chi connectivity index (χ4v) is 1.94. The molecule has 96 valence electrons. The second-order valence-corrected chi connectivity index (χ2v) is 4.52. The van der Waals surface area contributed by atoms with Crippen LogP contribution in [0, 0.1) is 11.3 Å². The number of amides is 1. The third-order valence-electron chi connectivity index (χ3n) is 2.94. The van der Waals surface area contributed by atoms with Gasteiger partial charge in [0.05, 0.1) is 18.1 Å². The molecule has 0 fully saturated rings. The highest BCUT2D eigenvalue weighted by atomic mass is 16.1. The smallest absolute Gasteiger partial charge is 0.253 e. The highest BCUT2D eigenvalue weighted by Gasteiger charge is 2.13. The summed E-state index contributed by atoms with van der Waals surface area (Å²) in [5, 5.41) is 13.3. The molecule has 0 heterocycles. The molecule has 0 bridgehead atoms. The molecule has 0 spiro atoms. The monoisotopic (exact) mass is 253 g/mol. The van der Waals surface area contributed by atoms with E-state index in [1.54, 1.807) is 19.1 Å². The summed E-state index contributed by atoms with van der Waals surface area (Å²) in [4.78, 5) is 12.1. The molecule has 0 aliphatic heterocycles. The van der Waals surface area contributed by atoms with Gasteiger partial charge in [0.2, 0.25) is 0 Å². The lowest BCUT2D eigenvalue weighted by Crippen LogP contribution is -2.32. The van der Waals surface area contributed by atoms with E-state index in [0.717, 1.165) is 10.8 Å². The van der Waals surface area contributed by atoms with Gasteiger partial charge in [-0.15, -0.1) is 0 Å². The van der Waals surface area contributed by atoms with Crippen molar-refractivity contribution in [3.8, 4) is 6.07 Å². The number of nitrogens with one attached hydrogen (secondary N) is 1. The minimum absolute atomic E-state index is 0.191. The number of hydrogen-bond donors (Lipinski definition) is 2. The van der Waals surface area contributed by atoms with Crippen LogP contribution >= 0.6 is 0 Å². The minimum atomic E-state index is -0.244. The average molecular weight is 253 g/mol. The fourth-order valence-electron chi connectivity index (χ4n) is 1.94. The Kier molecular flexibility index (Phi) is 3.67. The van der Waals surface area contributed by atoms with E-state index in [4.69, 9.17) is 11.0 Å². The Hall–Kier alpha value is -2.54. The first-order chi connectivity index (χ1) is 9.11. The van der Waals surface area contributed by atoms with Crippen molar-refractivity contribution >= 4 is 22.4 Å². The number of nitrogen functional groups attached to an aromatic ring is 1. The van der Waals surface area contributed by atoms with Gasteiger partial charge in [-0.1, -0.05) is 24.3 Å². The van der Waals surface area contributed by atoms with Crippen LogP contribution in [0.5, 0.6) is 0 Å². The Bertz CT molecular complexity index is 658. The molecule has 0 aromatic heterocycles. The molecule has 0 saturated heterocycles. The molecule has 2 aromatic carbocycles. The number of hydrogen-bond acceptors (Lipinski definition) is 3. The normalized spacial score (nSPS) is 11.8.